The predicted molar refractivity (Wildman–Crippen MR) is 36.5 cm³/mol. The number of aliphatic carboxylic acids is 1. The lowest BCUT2D eigenvalue weighted by Gasteiger charge is -2.36. The van der Waals surface area contributed by atoms with E-state index in [-0.39, 0.29) is 0 Å². The molecule has 7 nitrogen and oxygen atoms in total. The molecule has 0 aromatic carbocycles. The van der Waals surface area contributed by atoms with Gasteiger partial charge in [-0.05, 0) is 0 Å². The summed E-state index contributed by atoms with van der Waals surface area (Å²) in [6.07, 6.45) is -8.72. The molecule has 76 valence electrons. The van der Waals surface area contributed by atoms with E-state index in [1.807, 2.05) is 0 Å². The number of carbonyl (C=O) groups is 1. The van der Waals surface area contributed by atoms with Gasteiger partial charge in [0.15, 0.2) is 12.4 Å². The van der Waals surface area contributed by atoms with Crippen LogP contribution in [0.3, 0.4) is 0 Å². The highest BCUT2D eigenvalue weighted by Gasteiger charge is 2.46. The van der Waals surface area contributed by atoms with Crippen molar-refractivity contribution in [2.45, 2.75) is 30.7 Å². The first kappa shape index (κ1) is 10.4. The molecular formula is C6H10O7. The summed E-state index contributed by atoms with van der Waals surface area (Å²) in [5.74, 6) is -1.52. The molecule has 0 spiro atoms. The number of hydrogen-bond acceptors (Lipinski definition) is 6. The minimum atomic E-state index is -1.81. The van der Waals surface area contributed by atoms with Gasteiger partial charge in [-0.25, -0.2) is 4.79 Å². The molecule has 7 heteroatoms. The van der Waals surface area contributed by atoms with Gasteiger partial charge in [0, 0.05) is 0 Å². The largest absolute Gasteiger partial charge is 0.479 e. The average Bonchev–Trinajstić information content (AvgIpc) is 2.07. The molecule has 0 bridgehead atoms. The quantitative estimate of drug-likeness (QED) is 0.298. The predicted octanol–water partition coefficient (Wildman–Crippen LogP) is -3.13. The molecule has 2 unspecified atom stereocenters. The van der Waals surface area contributed by atoms with Crippen molar-refractivity contribution in [2.75, 3.05) is 0 Å². The van der Waals surface area contributed by atoms with Crippen LogP contribution in [0.4, 0.5) is 0 Å². The molecule has 1 fully saturated rings. The SMILES string of the molecule is O=C(O)C1OC(O)[C@H](O)[C@@H](O)[C@@H]1O. The summed E-state index contributed by atoms with van der Waals surface area (Å²) < 4.78 is 4.34. The molecule has 1 saturated heterocycles. The van der Waals surface area contributed by atoms with Crippen molar-refractivity contribution >= 4 is 5.97 Å². The number of aliphatic hydroxyl groups excluding tert-OH is 4. The summed E-state index contributed by atoms with van der Waals surface area (Å²) in [6.45, 7) is 0. The Morgan fingerprint density at radius 1 is 1.00 bits per heavy atom. The van der Waals surface area contributed by atoms with Crippen LogP contribution in [0.5, 0.6) is 0 Å². The summed E-state index contributed by atoms with van der Waals surface area (Å²) >= 11 is 0. The van der Waals surface area contributed by atoms with Gasteiger partial charge in [-0.2, -0.15) is 0 Å². The molecule has 1 heterocycles. The summed E-state index contributed by atoms with van der Waals surface area (Å²) in [7, 11) is 0. The highest BCUT2D eigenvalue weighted by molar-refractivity contribution is 5.73. The first-order valence-electron chi connectivity index (χ1n) is 3.55. The third-order valence-corrected chi connectivity index (χ3v) is 1.83. The Kier molecular flexibility index (Phi) is 2.84. The lowest BCUT2D eigenvalue weighted by Crippen LogP contribution is -2.59. The van der Waals surface area contributed by atoms with Crippen molar-refractivity contribution in [3.05, 3.63) is 0 Å². The summed E-state index contributed by atoms with van der Waals surface area (Å²) in [4.78, 5) is 10.4. The van der Waals surface area contributed by atoms with E-state index < -0.39 is 36.7 Å². The minimum Gasteiger partial charge on any atom is -0.479 e. The van der Waals surface area contributed by atoms with Crippen molar-refractivity contribution in [1.82, 2.24) is 0 Å². The standard InChI is InChI=1S/C6H10O7/c7-1-2(8)4(5(10)11)13-6(12)3(1)9/h1-4,6-9,12H,(H,10,11)/t1-,2-,3+,4?,6?/m0/s1. The highest BCUT2D eigenvalue weighted by Crippen LogP contribution is 2.19. The van der Waals surface area contributed by atoms with E-state index in [2.05, 4.69) is 4.74 Å². The van der Waals surface area contributed by atoms with Crippen molar-refractivity contribution in [1.29, 1.82) is 0 Å². The van der Waals surface area contributed by atoms with Crippen molar-refractivity contribution in [3.8, 4) is 0 Å². The zero-order chi connectivity index (χ0) is 10.2. The van der Waals surface area contributed by atoms with Crippen LogP contribution in [0.25, 0.3) is 0 Å². The molecule has 1 aliphatic heterocycles. The zero-order valence-electron chi connectivity index (χ0n) is 6.44. The Morgan fingerprint density at radius 2 is 1.54 bits per heavy atom. The van der Waals surface area contributed by atoms with Crippen LogP contribution in [0, 0.1) is 0 Å². The van der Waals surface area contributed by atoms with Crippen LogP contribution < -0.4 is 0 Å². The highest BCUT2D eigenvalue weighted by atomic mass is 16.6. The smallest absolute Gasteiger partial charge is 0.335 e. The van der Waals surface area contributed by atoms with Gasteiger partial charge in [-0.1, -0.05) is 0 Å². The fourth-order valence-corrected chi connectivity index (χ4v) is 1.07. The molecule has 0 saturated carbocycles. The van der Waals surface area contributed by atoms with E-state index in [1.165, 1.54) is 0 Å². The summed E-state index contributed by atoms with van der Waals surface area (Å²) in [5.41, 5.74) is 0. The molecule has 5 atom stereocenters. The van der Waals surface area contributed by atoms with Gasteiger partial charge in [0.1, 0.15) is 18.3 Å². The third-order valence-electron chi connectivity index (χ3n) is 1.83. The Bertz CT molecular complexity index is 205. The van der Waals surface area contributed by atoms with E-state index in [0.29, 0.717) is 0 Å². The van der Waals surface area contributed by atoms with Gasteiger partial charge < -0.3 is 30.3 Å². The number of ether oxygens (including phenoxy) is 1. The Balaban J connectivity index is 2.76. The Hall–Kier alpha value is -0.730. The fraction of sp³-hybridized carbons (Fsp3) is 0.833. The van der Waals surface area contributed by atoms with E-state index >= 15 is 0 Å². The topological polar surface area (TPSA) is 127 Å². The van der Waals surface area contributed by atoms with E-state index in [9.17, 15) is 4.79 Å². The molecule has 0 amide bonds. The third kappa shape index (κ3) is 1.79. The lowest BCUT2D eigenvalue weighted by atomic mass is 9.99. The normalized spacial score (nSPS) is 46.0. The van der Waals surface area contributed by atoms with E-state index in [0.717, 1.165) is 0 Å². The molecule has 0 aliphatic carbocycles. The first-order valence-corrected chi connectivity index (χ1v) is 3.55. The maximum atomic E-state index is 10.4. The number of aliphatic hydroxyl groups is 4. The van der Waals surface area contributed by atoms with Crippen LogP contribution in [-0.2, 0) is 9.53 Å². The number of hydrogen-bond donors (Lipinski definition) is 5. The molecule has 0 aromatic rings. The van der Waals surface area contributed by atoms with Gasteiger partial charge in [0.25, 0.3) is 0 Å². The summed E-state index contributed by atoms with van der Waals surface area (Å²) in [6, 6.07) is 0. The van der Waals surface area contributed by atoms with Gasteiger partial charge in [-0.15, -0.1) is 0 Å². The lowest BCUT2D eigenvalue weighted by molar-refractivity contribution is -0.279. The maximum absolute atomic E-state index is 10.4. The Morgan fingerprint density at radius 3 is 2.00 bits per heavy atom. The monoisotopic (exact) mass is 194 g/mol. The second-order valence-corrected chi connectivity index (χ2v) is 2.76. The number of rotatable bonds is 1. The zero-order valence-corrected chi connectivity index (χ0v) is 6.44. The van der Waals surface area contributed by atoms with Crippen molar-refractivity contribution in [3.63, 3.8) is 0 Å². The maximum Gasteiger partial charge on any atom is 0.335 e. The van der Waals surface area contributed by atoms with Crippen LogP contribution in [0.15, 0.2) is 0 Å². The minimum absolute atomic E-state index is 1.52. The number of carboxylic acids is 1. The van der Waals surface area contributed by atoms with Gasteiger partial charge in [0.2, 0.25) is 0 Å². The fourth-order valence-electron chi connectivity index (χ4n) is 1.07. The average molecular weight is 194 g/mol. The molecule has 5 N–H and O–H groups in total. The molecule has 0 radical (unpaired) electrons. The van der Waals surface area contributed by atoms with E-state index in [1.54, 1.807) is 0 Å². The van der Waals surface area contributed by atoms with Crippen LogP contribution in [0.1, 0.15) is 0 Å². The molecule has 1 aliphatic rings. The Labute approximate surface area is 72.8 Å². The molecular weight excluding hydrogens is 184 g/mol. The second-order valence-electron chi connectivity index (χ2n) is 2.76. The van der Waals surface area contributed by atoms with E-state index in [4.69, 9.17) is 25.5 Å². The molecule has 1 rings (SSSR count). The number of carboxylic acid groups (broad SMARTS) is 1. The first-order chi connectivity index (χ1) is 5.95. The van der Waals surface area contributed by atoms with Crippen molar-refractivity contribution in [2.24, 2.45) is 0 Å². The second kappa shape index (κ2) is 3.56. The molecule has 13 heavy (non-hydrogen) atoms. The van der Waals surface area contributed by atoms with Gasteiger partial charge in [0.05, 0.1) is 0 Å². The van der Waals surface area contributed by atoms with Crippen LogP contribution in [-0.4, -0.2) is 62.2 Å². The van der Waals surface area contributed by atoms with Crippen LogP contribution >= 0.6 is 0 Å². The van der Waals surface area contributed by atoms with Crippen LogP contribution in [0.2, 0.25) is 0 Å². The molecule has 0 aromatic heterocycles. The summed E-state index contributed by atoms with van der Waals surface area (Å²) in [5, 5.41) is 44.4. The van der Waals surface area contributed by atoms with Gasteiger partial charge in [-0.3, -0.25) is 0 Å². The van der Waals surface area contributed by atoms with Crippen molar-refractivity contribution < 1.29 is 35.1 Å². The van der Waals surface area contributed by atoms with Gasteiger partial charge >= 0.3 is 5.97 Å².